The minimum Gasteiger partial charge on any atom is -0.325 e. The number of hydrogen-bond donors (Lipinski definition) is 2. The Morgan fingerprint density at radius 1 is 1.42 bits per heavy atom. The van der Waals surface area contributed by atoms with E-state index < -0.39 is 0 Å². The number of carbonyl (C=O) groups is 1. The van der Waals surface area contributed by atoms with Crippen LogP contribution in [0.5, 0.6) is 0 Å². The standard InChI is InChI=1S/C17H19ClN4O2/c1-10-13(18)4-3-5-14(10)21-16(23)9-22-7-6-15-12(8-22)17(24)20-11(2)19-15/h3-5H,6-9H2,1-2H3,(H,21,23)(H,19,20,24). The number of H-pyrrole nitrogens is 1. The van der Waals surface area contributed by atoms with E-state index in [0.717, 1.165) is 11.3 Å². The van der Waals surface area contributed by atoms with Gasteiger partial charge in [0, 0.05) is 30.2 Å². The number of halogens is 1. The van der Waals surface area contributed by atoms with Gasteiger partial charge in [-0.1, -0.05) is 17.7 Å². The van der Waals surface area contributed by atoms with Crippen LogP contribution in [0.25, 0.3) is 0 Å². The van der Waals surface area contributed by atoms with Crippen molar-refractivity contribution in [2.75, 3.05) is 18.4 Å². The molecule has 2 aromatic rings. The van der Waals surface area contributed by atoms with Crippen LogP contribution in [0.2, 0.25) is 5.02 Å². The third kappa shape index (κ3) is 3.49. The summed E-state index contributed by atoms with van der Waals surface area (Å²) in [6, 6.07) is 5.41. The first-order chi connectivity index (χ1) is 11.4. The molecule has 1 aliphatic heterocycles. The Kier molecular flexibility index (Phi) is 4.69. The van der Waals surface area contributed by atoms with Crippen molar-refractivity contribution < 1.29 is 4.79 Å². The van der Waals surface area contributed by atoms with Crippen LogP contribution >= 0.6 is 11.6 Å². The Morgan fingerprint density at radius 3 is 3.00 bits per heavy atom. The van der Waals surface area contributed by atoms with Crippen LogP contribution in [0.15, 0.2) is 23.0 Å². The van der Waals surface area contributed by atoms with Gasteiger partial charge in [0.2, 0.25) is 5.91 Å². The number of aromatic nitrogens is 2. The van der Waals surface area contributed by atoms with Gasteiger partial charge >= 0.3 is 0 Å². The van der Waals surface area contributed by atoms with E-state index in [9.17, 15) is 9.59 Å². The van der Waals surface area contributed by atoms with E-state index in [0.29, 0.717) is 41.6 Å². The Bertz CT molecular complexity index is 847. The topological polar surface area (TPSA) is 78.1 Å². The van der Waals surface area contributed by atoms with Crippen LogP contribution in [0.3, 0.4) is 0 Å². The Balaban J connectivity index is 1.68. The van der Waals surface area contributed by atoms with E-state index in [1.165, 1.54) is 0 Å². The predicted octanol–water partition coefficient (Wildman–Crippen LogP) is 2.04. The van der Waals surface area contributed by atoms with Gasteiger partial charge < -0.3 is 10.3 Å². The molecule has 126 valence electrons. The van der Waals surface area contributed by atoms with Crippen molar-refractivity contribution in [1.82, 2.24) is 14.9 Å². The van der Waals surface area contributed by atoms with Gasteiger partial charge in [-0.2, -0.15) is 0 Å². The van der Waals surface area contributed by atoms with Crippen LogP contribution in [0, 0.1) is 13.8 Å². The molecule has 0 unspecified atom stereocenters. The van der Waals surface area contributed by atoms with Crippen LogP contribution in [-0.2, 0) is 17.8 Å². The van der Waals surface area contributed by atoms with Crippen LogP contribution in [0.1, 0.15) is 22.6 Å². The highest BCUT2D eigenvalue weighted by Gasteiger charge is 2.22. The molecular formula is C17H19ClN4O2. The number of carbonyl (C=O) groups excluding carboxylic acids is 1. The molecule has 0 bridgehead atoms. The van der Waals surface area contributed by atoms with Gasteiger partial charge in [-0.3, -0.25) is 14.5 Å². The molecule has 0 atom stereocenters. The van der Waals surface area contributed by atoms with Crippen molar-refractivity contribution >= 4 is 23.2 Å². The number of hydrogen-bond acceptors (Lipinski definition) is 4. The zero-order valence-corrected chi connectivity index (χ0v) is 14.4. The van der Waals surface area contributed by atoms with Gasteiger partial charge in [-0.25, -0.2) is 4.98 Å². The first-order valence-corrected chi connectivity index (χ1v) is 8.18. The van der Waals surface area contributed by atoms with Crippen molar-refractivity contribution in [3.05, 3.63) is 56.2 Å². The molecule has 0 radical (unpaired) electrons. The Hall–Kier alpha value is -2.18. The zero-order valence-electron chi connectivity index (χ0n) is 13.6. The molecule has 0 saturated carbocycles. The number of benzene rings is 1. The highest BCUT2D eigenvalue weighted by molar-refractivity contribution is 6.31. The molecular weight excluding hydrogens is 328 g/mol. The number of nitrogens with zero attached hydrogens (tertiary/aromatic N) is 2. The molecule has 0 spiro atoms. The monoisotopic (exact) mass is 346 g/mol. The number of fused-ring (bicyclic) bond motifs is 1. The van der Waals surface area contributed by atoms with E-state index in [1.54, 1.807) is 19.1 Å². The summed E-state index contributed by atoms with van der Waals surface area (Å²) in [4.78, 5) is 33.4. The second kappa shape index (κ2) is 6.75. The molecule has 0 saturated heterocycles. The van der Waals surface area contributed by atoms with Gasteiger partial charge in [0.15, 0.2) is 0 Å². The number of amides is 1. The molecule has 2 N–H and O–H groups in total. The van der Waals surface area contributed by atoms with E-state index in [4.69, 9.17) is 11.6 Å². The average Bonchev–Trinajstić information content (AvgIpc) is 2.52. The van der Waals surface area contributed by atoms with E-state index in [1.807, 2.05) is 17.9 Å². The van der Waals surface area contributed by atoms with Gasteiger partial charge in [0.1, 0.15) is 5.82 Å². The first-order valence-electron chi connectivity index (χ1n) is 7.80. The van der Waals surface area contributed by atoms with Crippen molar-refractivity contribution in [1.29, 1.82) is 0 Å². The number of aromatic amines is 1. The van der Waals surface area contributed by atoms with E-state index in [2.05, 4.69) is 15.3 Å². The van der Waals surface area contributed by atoms with Crippen molar-refractivity contribution in [3.63, 3.8) is 0 Å². The molecule has 0 aliphatic carbocycles. The summed E-state index contributed by atoms with van der Waals surface area (Å²) in [6.07, 6.45) is 0.670. The SMILES string of the molecule is Cc1nc2c(c(=O)[nH]1)CN(CC(=O)Nc1cccc(Cl)c1C)CC2. The van der Waals surface area contributed by atoms with E-state index in [-0.39, 0.29) is 18.0 Å². The molecule has 1 aromatic carbocycles. The number of rotatable bonds is 3. The fourth-order valence-electron chi connectivity index (χ4n) is 2.88. The van der Waals surface area contributed by atoms with Crippen molar-refractivity contribution in [3.8, 4) is 0 Å². The maximum absolute atomic E-state index is 12.3. The number of anilines is 1. The average molecular weight is 347 g/mol. The van der Waals surface area contributed by atoms with Crippen molar-refractivity contribution in [2.24, 2.45) is 0 Å². The maximum atomic E-state index is 12.3. The third-order valence-electron chi connectivity index (χ3n) is 4.18. The lowest BCUT2D eigenvalue weighted by Gasteiger charge is -2.27. The van der Waals surface area contributed by atoms with Crippen LogP contribution in [0.4, 0.5) is 5.69 Å². The molecule has 1 aliphatic rings. The molecule has 1 aromatic heterocycles. The molecule has 6 nitrogen and oxygen atoms in total. The minimum atomic E-state index is -0.125. The Labute approximate surface area is 144 Å². The summed E-state index contributed by atoms with van der Waals surface area (Å²) in [7, 11) is 0. The highest BCUT2D eigenvalue weighted by Crippen LogP contribution is 2.23. The normalized spacial score (nSPS) is 14.3. The lowest BCUT2D eigenvalue weighted by molar-refractivity contribution is -0.117. The van der Waals surface area contributed by atoms with Crippen molar-refractivity contribution in [2.45, 2.75) is 26.8 Å². The largest absolute Gasteiger partial charge is 0.325 e. The second-order valence-electron chi connectivity index (χ2n) is 6.00. The summed E-state index contributed by atoms with van der Waals surface area (Å²) < 4.78 is 0. The van der Waals surface area contributed by atoms with Crippen LogP contribution < -0.4 is 10.9 Å². The van der Waals surface area contributed by atoms with Gasteiger partial charge in [0.25, 0.3) is 5.56 Å². The fourth-order valence-corrected chi connectivity index (χ4v) is 3.05. The summed E-state index contributed by atoms with van der Waals surface area (Å²) in [5.74, 6) is 0.502. The first kappa shape index (κ1) is 16.7. The lowest BCUT2D eigenvalue weighted by atomic mass is 10.1. The number of nitrogens with one attached hydrogen (secondary N) is 2. The number of aryl methyl sites for hydroxylation is 1. The summed E-state index contributed by atoms with van der Waals surface area (Å²) >= 11 is 6.07. The van der Waals surface area contributed by atoms with Crippen LogP contribution in [-0.4, -0.2) is 33.9 Å². The quantitative estimate of drug-likeness (QED) is 0.891. The molecule has 7 heteroatoms. The van der Waals surface area contributed by atoms with Gasteiger partial charge in [0.05, 0.1) is 17.8 Å². The third-order valence-corrected chi connectivity index (χ3v) is 4.58. The molecule has 0 fully saturated rings. The smallest absolute Gasteiger partial charge is 0.255 e. The molecule has 2 heterocycles. The Morgan fingerprint density at radius 2 is 2.21 bits per heavy atom. The predicted molar refractivity (Wildman–Crippen MR) is 93.4 cm³/mol. The maximum Gasteiger partial charge on any atom is 0.255 e. The summed E-state index contributed by atoms with van der Waals surface area (Å²) in [5, 5.41) is 3.50. The lowest BCUT2D eigenvalue weighted by Crippen LogP contribution is -2.40. The molecule has 1 amide bonds. The van der Waals surface area contributed by atoms with E-state index >= 15 is 0 Å². The molecule has 24 heavy (non-hydrogen) atoms. The second-order valence-corrected chi connectivity index (χ2v) is 6.41. The zero-order chi connectivity index (χ0) is 17.3. The minimum absolute atomic E-state index is 0.117. The molecule has 3 rings (SSSR count). The van der Waals surface area contributed by atoms with Gasteiger partial charge in [-0.05, 0) is 31.5 Å². The summed E-state index contributed by atoms with van der Waals surface area (Å²) in [6.45, 7) is 4.99. The van der Waals surface area contributed by atoms with Gasteiger partial charge in [-0.15, -0.1) is 0 Å². The fraction of sp³-hybridized carbons (Fsp3) is 0.353. The summed E-state index contributed by atoms with van der Waals surface area (Å²) in [5.41, 5.74) is 2.91. The highest BCUT2D eigenvalue weighted by atomic mass is 35.5.